The molecule has 9 rings (SSSR count). The van der Waals surface area contributed by atoms with E-state index in [1.807, 2.05) is 12.1 Å². The second-order valence-corrected chi connectivity index (χ2v) is 12.2. The highest BCUT2D eigenvalue weighted by molar-refractivity contribution is 6.06. The van der Waals surface area contributed by atoms with Crippen molar-refractivity contribution in [3.8, 4) is 33.4 Å². The van der Waals surface area contributed by atoms with Crippen LogP contribution < -0.4 is 4.90 Å². The maximum absolute atomic E-state index is 6.27. The maximum Gasteiger partial charge on any atom is 0.136 e. The SMILES string of the molecule is c1ccc(-c2ccc(-c3ccc4ccccc4c3)cc2N(c2ccccc2)c2cccc(-c3ccc4c(c3)oc3ccccc34)c2)cc1. The van der Waals surface area contributed by atoms with Crippen molar-refractivity contribution in [1.82, 2.24) is 0 Å². The minimum Gasteiger partial charge on any atom is -0.456 e. The van der Waals surface area contributed by atoms with Gasteiger partial charge in [0, 0.05) is 27.7 Å². The van der Waals surface area contributed by atoms with Crippen molar-refractivity contribution < 1.29 is 4.42 Å². The molecule has 226 valence electrons. The van der Waals surface area contributed by atoms with Crippen LogP contribution in [0.3, 0.4) is 0 Å². The van der Waals surface area contributed by atoms with Gasteiger partial charge >= 0.3 is 0 Å². The van der Waals surface area contributed by atoms with Crippen molar-refractivity contribution in [1.29, 1.82) is 0 Å². The zero-order valence-electron chi connectivity index (χ0n) is 26.3. The van der Waals surface area contributed by atoms with Crippen LogP contribution >= 0.6 is 0 Å². The quantitative estimate of drug-likeness (QED) is 0.185. The molecule has 0 fully saturated rings. The fourth-order valence-electron chi connectivity index (χ4n) is 6.86. The summed E-state index contributed by atoms with van der Waals surface area (Å²) in [4.78, 5) is 2.39. The summed E-state index contributed by atoms with van der Waals surface area (Å²) in [6.45, 7) is 0. The lowest BCUT2D eigenvalue weighted by Gasteiger charge is -2.29. The summed E-state index contributed by atoms with van der Waals surface area (Å²) in [5.74, 6) is 0. The van der Waals surface area contributed by atoms with Gasteiger partial charge in [0.2, 0.25) is 0 Å². The van der Waals surface area contributed by atoms with Crippen LogP contribution in [0.2, 0.25) is 0 Å². The van der Waals surface area contributed by atoms with Crippen LogP contribution in [-0.4, -0.2) is 0 Å². The van der Waals surface area contributed by atoms with E-state index in [0.717, 1.165) is 55.7 Å². The molecule has 48 heavy (non-hydrogen) atoms. The third kappa shape index (κ3) is 5.01. The van der Waals surface area contributed by atoms with Gasteiger partial charge in [-0.15, -0.1) is 0 Å². The highest BCUT2D eigenvalue weighted by atomic mass is 16.3. The predicted octanol–water partition coefficient (Wildman–Crippen LogP) is 13.2. The van der Waals surface area contributed by atoms with Gasteiger partial charge in [-0.25, -0.2) is 0 Å². The van der Waals surface area contributed by atoms with Crippen LogP contribution in [0.25, 0.3) is 66.1 Å². The molecule has 0 bridgehead atoms. The fraction of sp³-hybridized carbons (Fsp3) is 0. The molecule has 0 aliphatic carbocycles. The summed E-state index contributed by atoms with van der Waals surface area (Å²) in [6.07, 6.45) is 0. The van der Waals surface area contributed by atoms with Crippen LogP contribution in [0.5, 0.6) is 0 Å². The topological polar surface area (TPSA) is 16.4 Å². The molecule has 8 aromatic carbocycles. The average molecular weight is 614 g/mol. The highest BCUT2D eigenvalue weighted by Gasteiger charge is 2.19. The molecule has 2 heteroatoms. The summed E-state index contributed by atoms with van der Waals surface area (Å²) >= 11 is 0. The molecule has 0 atom stereocenters. The van der Waals surface area contributed by atoms with Gasteiger partial charge in [-0.3, -0.25) is 0 Å². The molecule has 1 heterocycles. The Kier molecular flexibility index (Phi) is 6.84. The number of rotatable bonds is 6. The Morgan fingerprint density at radius 1 is 0.333 bits per heavy atom. The molecule has 0 aliphatic rings. The molecule has 0 amide bonds. The van der Waals surface area contributed by atoms with Gasteiger partial charge in [0.25, 0.3) is 0 Å². The van der Waals surface area contributed by atoms with E-state index in [1.165, 1.54) is 27.5 Å². The van der Waals surface area contributed by atoms with Crippen LogP contribution in [-0.2, 0) is 0 Å². The molecule has 2 nitrogen and oxygen atoms in total. The van der Waals surface area contributed by atoms with Crippen molar-refractivity contribution >= 4 is 49.8 Å². The molecular formula is C46H31NO. The first-order chi connectivity index (χ1) is 23.8. The Morgan fingerprint density at radius 2 is 0.938 bits per heavy atom. The van der Waals surface area contributed by atoms with Gasteiger partial charge in [0.1, 0.15) is 11.2 Å². The minimum absolute atomic E-state index is 0.897. The third-order valence-electron chi connectivity index (χ3n) is 9.24. The normalized spacial score (nSPS) is 11.3. The van der Waals surface area contributed by atoms with Crippen molar-refractivity contribution in [3.05, 3.63) is 188 Å². The van der Waals surface area contributed by atoms with E-state index in [2.05, 4.69) is 181 Å². The molecule has 0 radical (unpaired) electrons. The summed E-state index contributed by atoms with van der Waals surface area (Å²) in [5, 5.41) is 4.75. The predicted molar refractivity (Wildman–Crippen MR) is 202 cm³/mol. The van der Waals surface area contributed by atoms with E-state index in [9.17, 15) is 0 Å². The van der Waals surface area contributed by atoms with Crippen molar-refractivity contribution in [2.75, 3.05) is 4.90 Å². The zero-order valence-corrected chi connectivity index (χ0v) is 26.3. The number of furan rings is 1. The van der Waals surface area contributed by atoms with E-state index >= 15 is 0 Å². The van der Waals surface area contributed by atoms with E-state index in [-0.39, 0.29) is 0 Å². The van der Waals surface area contributed by atoms with E-state index < -0.39 is 0 Å². The first-order valence-corrected chi connectivity index (χ1v) is 16.3. The lowest BCUT2D eigenvalue weighted by molar-refractivity contribution is 0.669. The third-order valence-corrected chi connectivity index (χ3v) is 9.24. The average Bonchev–Trinajstić information content (AvgIpc) is 3.54. The van der Waals surface area contributed by atoms with E-state index in [0.29, 0.717) is 0 Å². The van der Waals surface area contributed by atoms with Crippen LogP contribution in [0.1, 0.15) is 0 Å². The monoisotopic (exact) mass is 613 g/mol. The maximum atomic E-state index is 6.27. The number of hydrogen-bond acceptors (Lipinski definition) is 2. The lowest BCUT2D eigenvalue weighted by Crippen LogP contribution is -2.11. The first-order valence-electron chi connectivity index (χ1n) is 16.3. The zero-order chi connectivity index (χ0) is 31.9. The first kappa shape index (κ1) is 27.9. The van der Waals surface area contributed by atoms with Crippen LogP contribution in [0.4, 0.5) is 17.1 Å². The Morgan fingerprint density at radius 3 is 1.81 bits per heavy atom. The second-order valence-electron chi connectivity index (χ2n) is 12.2. The number of hydrogen-bond donors (Lipinski definition) is 0. The number of nitrogens with zero attached hydrogens (tertiary/aromatic N) is 1. The Balaban J connectivity index is 1.23. The number of benzene rings is 8. The van der Waals surface area contributed by atoms with Crippen molar-refractivity contribution in [3.63, 3.8) is 0 Å². The smallest absolute Gasteiger partial charge is 0.136 e. The number of para-hydroxylation sites is 2. The van der Waals surface area contributed by atoms with Gasteiger partial charge in [0.05, 0.1) is 5.69 Å². The molecule has 0 spiro atoms. The Hall–Kier alpha value is -6.38. The number of fused-ring (bicyclic) bond motifs is 4. The van der Waals surface area contributed by atoms with Gasteiger partial charge in [-0.05, 0) is 93.2 Å². The largest absolute Gasteiger partial charge is 0.456 e. The molecular weight excluding hydrogens is 583 g/mol. The molecule has 0 saturated heterocycles. The Labute approximate surface area is 279 Å². The van der Waals surface area contributed by atoms with Crippen molar-refractivity contribution in [2.24, 2.45) is 0 Å². The molecule has 1 aromatic heterocycles. The lowest BCUT2D eigenvalue weighted by atomic mass is 9.95. The van der Waals surface area contributed by atoms with E-state index in [4.69, 9.17) is 4.42 Å². The molecule has 0 N–H and O–H groups in total. The van der Waals surface area contributed by atoms with Crippen LogP contribution in [0, 0.1) is 0 Å². The van der Waals surface area contributed by atoms with Gasteiger partial charge < -0.3 is 9.32 Å². The standard InChI is InChI=1S/C46H31NO/c1-3-13-33(14-4-1)41-26-24-37(36-23-22-32-12-7-8-15-34(32)28-36)30-44(41)47(39-17-5-2-6-18-39)40-19-11-16-35(29-40)38-25-27-43-42-20-9-10-21-45(42)48-46(43)31-38/h1-31H. The summed E-state index contributed by atoms with van der Waals surface area (Å²) in [7, 11) is 0. The molecule has 9 aromatic rings. The van der Waals surface area contributed by atoms with Crippen LogP contribution in [0.15, 0.2) is 192 Å². The van der Waals surface area contributed by atoms with Crippen molar-refractivity contribution in [2.45, 2.75) is 0 Å². The van der Waals surface area contributed by atoms with Gasteiger partial charge in [-0.1, -0.05) is 133 Å². The Bertz CT molecular complexity index is 2560. The molecule has 0 saturated carbocycles. The fourth-order valence-corrected chi connectivity index (χ4v) is 6.86. The summed E-state index contributed by atoms with van der Waals surface area (Å²) in [6, 6.07) is 67.1. The van der Waals surface area contributed by atoms with Gasteiger partial charge in [0.15, 0.2) is 0 Å². The minimum atomic E-state index is 0.897. The highest BCUT2D eigenvalue weighted by Crippen LogP contribution is 2.44. The number of anilines is 3. The second kappa shape index (κ2) is 11.8. The molecule has 0 unspecified atom stereocenters. The summed E-state index contributed by atoms with van der Waals surface area (Å²) < 4.78 is 6.27. The van der Waals surface area contributed by atoms with Gasteiger partial charge in [-0.2, -0.15) is 0 Å². The molecule has 0 aliphatic heterocycles. The summed E-state index contributed by atoms with van der Waals surface area (Å²) in [5.41, 5.74) is 12.0. The van der Waals surface area contributed by atoms with E-state index in [1.54, 1.807) is 0 Å².